The average molecular weight is 227 g/mol. The molecule has 2 N–H and O–H groups in total. The van der Waals surface area contributed by atoms with E-state index in [1.54, 1.807) is 6.92 Å². The van der Waals surface area contributed by atoms with Crippen molar-refractivity contribution in [2.24, 2.45) is 5.92 Å². The summed E-state index contributed by atoms with van der Waals surface area (Å²) in [5.74, 6) is 0.899. The maximum Gasteiger partial charge on any atom is 0.216 e. The van der Waals surface area contributed by atoms with E-state index < -0.39 is 0 Å². The Morgan fingerprint density at radius 2 is 2.12 bits per heavy atom. The number of amides is 1. The molecule has 4 nitrogen and oxygen atoms in total. The summed E-state index contributed by atoms with van der Waals surface area (Å²) in [6.07, 6.45) is 2.58. The molecule has 0 aromatic heterocycles. The van der Waals surface area contributed by atoms with Gasteiger partial charge in [0.1, 0.15) is 0 Å². The lowest BCUT2D eigenvalue weighted by Gasteiger charge is -2.29. The predicted molar refractivity (Wildman–Crippen MR) is 66.4 cm³/mol. The van der Waals surface area contributed by atoms with E-state index >= 15 is 0 Å². The number of nitrogens with zero attached hydrogens (tertiary/aromatic N) is 1. The van der Waals surface area contributed by atoms with Crippen molar-refractivity contribution >= 4 is 5.91 Å². The van der Waals surface area contributed by atoms with Gasteiger partial charge >= 0.3 is 0 Å². The molecule has 0 radical (unpaired) electrons. The summed E-state index contributed by atoms with van der Waals surface area (Å²) in [5.41, 5.74) is 0. The van der Waals surface area contributed by atoms with Crippen LogP contribution in [0.3, 0.4) is 0 Å². The van der Waals surface area contributed by atoms with Gasteiger partial charge in [-0.15, -0.1) is 0 Å². The number of rotatable bonds is 6. The van der Waals surface area contributed by atoms with E-state index in [1.165, 1.54) is 19.4 Å². The molecular formula is C12H25N3O. The third-order valence-corrected chi connectivity index (χ3v) is 3.22. The zero-order valence-electron chi connectivity index (χ0n) is 10.6. The third-order valence-electron chi connectivity index (χ3n) is 3.22. The molecule has 1 aliphatic rings. The van der Waals surface area contributed by atoms with Gasteiger partial charge in [0.2, 0.25) is 5.91 Å². The van der Waals surface area contributed by atoms with Crippen molar-refractivity contribution in [2.75, 3.05) is 39.3 Å². The summed E-state index contributed by atoms with van der Waals surface area (Å²) in [5, 5.41) is 6.24. The third kappa shape index (κ3) is 5.47. The molecule has 1 amide bonds. The SMILES string of the molecule is CCN(CCNC(C)=O)CC1CCNCC1. The van der Waals surface area contributed by atoms with Gasteiger partial charge in [-0.25, -0.2) is 0 Å². The van der Waals surface area contributed by atoms with Gasteiger partial charge in [-0.2, -0.15) is 0 Å². The van der Waals surface area contributed by atoms with Gasteiger partial charge in [-0.3, -0.25) is 4.79 Å². The zero-order valence-corrected chi connectivity index (χ0v) is 10.6. The van der Waals surface area contributed by atoms with Crippen molar-refractivity contribution in [3.63, 3.8) is 0 Å². The lowest BCUT2D eigenvalue weighted by molar-refractivity contribution is -0.119. The smallest absolute Gasteiger partial charge is 0.216 e. The topological polar surface area (TPSA) is 44.4 Å². The average Bonchev–Trinajstić information content (AvgIpc) is 2.28. The summed E-state index contributed by atoms with van der Waals surface area (Å²) in [6, 6.07) is 0. The van der Waals surface area contributed by atoms with E-state index in [-0.39, 0.29) is 5.91 Å². The highest BCUT2D eigenvalue weighted by atomic mass is 16.1. The quantitative estimate of drug-likeness (QED) is 0.692. The molecule has 0 bridgehead atoms. The van der Waals surface area contributed by atoms with Crippen LogP contribution in [0, 0.1) is 5.92 Å². The summed E-state index contributed by atoms with van der Waals surface area (Å²) >= 11 is 0. The molecule has 1 saturated heterocycles. The van der Waals surface area contributed by atoms with E-state index in [0.717, 1.165) is 38.6 Å². The van der Waals surface area contributed by atoms with Crippen LogP contribution in [0.1, 0.15) is 26.7 Å². The first-order chi connectivity index (χ1) is 7.72. The Bertz CT molecular complexity index is 202. The normalized spacial score (nSPS) is 17.7. The molecule has 94 valence electrons. The second kappa shape index (κ2) is 7.63. The maximum atomic E-state index is 10.8. The molecule has 1 aliphatic heterocycles. The fourth-order valence-electron chi connectivity index (χ4n) is 2.20. The number of likely N-dealkylation sites (N-methyl/N-ethyl adjacent to an activating group) is 1. The van der Waals surface area contributed by atoms with Crippen LogP contribution in [-0.4, -0.2) is 50.1 Å². The molecule has 0 atom stereocenters. The summed E-state index contributed by atoms with van der Waals surface area (Å²) in [4.78, 5) is 13.2. The fourth-order valence-corrected chi connectivity index (χ4v) is 2.20. The van der Waals surface area contributed by atoms with Crippen LogP contribution in [0.25, 0.3) is 0 Å². The molecular weight excluding hydrogens is 202 g/mol. The molecule has 0 saturated carbocycles. The van der Waals surface area contributed by atoms with Gasteiger partial charge in [-0.1, -0.05) is 6.92 Å². The van der Waals surface area contributed by atoms with Crippen LogP contribution in [0.5, 0.6) is 0 Å². The molecule has 4 heteroatoms. The predicted octanol–water partition coefficient (Wildman–Crippen LogP) is 0.444. The zero-order chi connectivity index (χ0) is 11.8. The Balaban J connectivity index is 2.16. The Kier molecular flexibility index (Phi) is 6.42. The minimum absolute atomic E-state index is 0.0675. The van der Waals surface area contributed by atoms with Crippen LogP contribution in [0.2, 0.25) is 0 Å². The van der Waals surface area contributed by atoms with E-state index in [9.17, 15) is 4.79 Å². The van der Waals surface area contributed by atoms with Gasteiger partial charge in [0.05, 0.1) is 0 Å². The Morgan fingerprint density at radius 1 is 1.44 bits per heavy atom. The second-order valence-corrected chi connectivity index (χ2v) is 4.57. The Labute approximate surface area is 98.8 Å². The molecule has 0 aliphatic carbocycles. The van der Waals surface area contributed by atoms with Gasteiger partial charge in [0.15, 0.2) is 0 Å². The van der Waals surface area contributed by atoms with Crippen molar-refractivity contribution in [1.29, 1.82) is 0 Å². The molecule has 0 aromatic rings. The van der Waals surface area contributed by atoms with Gasteiger partial charge in [0, 0.05) is 26.6 Å². The second-order valence-electron chi connectivity index (χ2n) is 4.57. The van der Waals surface area contributed by atoms with Crippen molar-refractivity contribution in [2.45, 2.75) is 26.7 Å². The molecule has 1 rings (SSSR count). The first-order valence-electron chi connectivity index (χ1n) is 6.40. The van der Waals surface area contributed by atoms with Crippen LogP contribution < -0.4 is 10.6 Å². The number of carbonyl (C=O) groups excluding carboxylic acids is 1. The highest BCUT2D eigenvalue weighted by Crippen LogP contribution is 2.12. The number of carbonyl (C=O) groups is 1. The van der Waals surface area contributed by atoms with Crippen molar-refractivity contribution < 1.29 is 4.79 Å². The summed E-state index contributed by atoms with van der Waals surface area (Å²) in [6.45, 7) is 10.1. The monoisotopic (exact) mass is 227 g/mol. The number of hydrogen-bond donors (Lipinski definition) is 2. The number of piperidine rings is 1. The van der Waals surface area contributed by atoms with Crippen LogP contribution in [0.4, 0.5) is 0 Å². The van der Waals surface area contributed by atoms with E-state index in [0.29, 0.717) is 0 Å². The van der Waals surface area contributed by atoms with Gasteiger partial charge in [0.25, 0.3) is 0 Å². The van der Waals surface area contributed by atoms with E-state index in [2.05, 4.69) is 22.5 Å². The summed E-state index contributed by atoms with van der Waals surface area (Å²) < 4.78 is 0. The molecule has 1 heterocycles. The van der Waals surface area contributed by atoms with Crippen molar-refractivity contribution in [3.05, 3.63) is 0 Å². The Hall–Kier alpha value is -0.610. The largest absolute Gasteiger partial charge is 0.355 e. The maximum absolute atomic E-state index is 10.8. The van der Waals surface area contributed by atoms with E-state index in [4.69, 9.17) is 0 Å². The van der Waals surface area contributed by atoms with Gasteiger partial charge in [-0.05, 0) is 38.4 Å². The minimum atomic E-state index is 0.0675. The van der Waals surface area contributed by atoms with Gasteiger partial charge < -0.3 is 15.5 Å². The van der Waals surface area contributed by atoms with E-state index in [1.807, 2.05) is 0 Å². The highest BCUT2D eigenvalue weighted by molar-refractivity contribution is 5.72. The molecule has 1 fully saturated rings. The summed E-state index contributed by atoms with van der Waals surface area (Å²) in [7, 11) is 0. The van der Waals surface area contributed by atoms with Crippen LogP contribution in [0.15, 0.2) is 0 Å². The van der Waals surface area contributed by atoms with Crippen molar-refractivity contribution in [3.8, 4) is 0 Å². The lowest BCUT2D eigenvalue weighted by Crippen LogP contribution is -2.39. The van der Waals surface area contributed by atoms with Crippen LogP contribution >= 0.6 is 0 Å². The first-order valence-corrected chi connectivity index (χ1v) is 6.40. The molecule has 0 spiro atoms. The minimum Gasteiger partial charge on any atom is -0.355 e. The number of hydrogen-bond acceptors (Lipinski definition) is 3. The fraction of sp³-hybridized carbons (Fsp3) is 0.917. The number of nitrogens with one attached hydrogen (secondary N) is 2. The van der Waals surface area contributed by atoms with Crippen LogP contribution in [-0.2, 0) is 4.79 Å². The lowest BCUT2D eigenvalue weighted by atomic mass is 9.97. The molecule has 0 unspecified atom stereocenters. The van der Waals surface area contributed by atoms with Crippen molar-refractivity contribution in [1.82, 2.24) is 15.5 Å². The first kappa shape index (κ1) is 13.5. The standard InChI is InChI=1S/C12H25N3O/c1-3-15(9-8-14-11(2)16)10-12-4-6-13-7-5-12/h12-13H,3-10H2,1-2H3,(H,14,16). The molecule has 16 heavy (non-hydrogen) atoms. The highest BCUT2D eigenvalue weighted by Gasteiger charge is 2.15. The molecule has 0 aromatic carbocycles. The Morgan fingerprint density at radius 3 is 2.69 bits per heavy atom.